The van der Waals surface area contributed by atoms with E-state index in [2.05, 4.69) is 10.3 Å². The Labute approximate surface area is 143 Å². The second-order valence-electron chi connectivity index (χ2n) is 6.16. The highest BCUT2D eigenvalue weighted by atomic mass is 32.1. The van der Waals surface area contributed by atoms with Crippen LogP contribution < -0.4 is 15.9 Å². The monoisotopic (exact) mass is 354 g/mol. The molecule has 0 bridgehead atoms. The third-order valence-electron chi connectivity index (χ3n) is 4.31. The molecule has 1 unspecified atom stereocenters. The Morgan fingerprint density at radius 1 is 1.46 bits per heavy atom. The number of carboxylic acid groups (broad SMARTS) is 1. The van der Waals surface area contributed by atoms with Crippen LogP contribution in [0.25, 0.3) is 0 Å². The van der Waals surface area contributed by atoms with Gasteiger partial charge in [0.25, 0.3) is 0 Å². The highest BCUT2D eigenvalue weighted by Gasteiger charge is 2.28. The van der Waals surface area contributed by atoms with Gasteiger partial charge in [0.15, 0.2) is 6.29 Å². The standard InChI is InChI=1S/C15H22N4O4S/c16-14-17-7-11-13(18-14)19(15(22)24-11)8-10-6-5-9(23-10)3-1-2-4-12(20)21/h7,9-10,14,18H,1-6,8,16H2,(H,20,21)/t9-,10-,14?/m1/s1. The maximum absolute atomic E-state index is 12.2. The van der Waals surface area contributed by atoms with Crippen LogP contribution in [0, 0.1) is 0 Å². The summed E-state index contributed by atoms with van der Waals surface area (Å²) in [6, 6.07) is 0. The number of nitrogens with one attached hydrogen (secondary N) is 1. The topological polar surface area (TPSA) is 119 Å². The second-order valence-corrected chi connectivity index (χ2v) is 7.15. The zero-order chi connectivity index (χ0) is 17.1. The fraction of sp³-hybridized carbons (Fsp3) is 0.667. The Bertz CT molecular complexity index is 684. The average Bonchev–Trinajstić information content (AvgIpc) is 3.10. The minimum Gasteiger partial charge on any atom is -0.481 e. The van der Waals surface area contributed by atoms with E-state index in [-0.39, 0.29) is 23.5 Å². The molecule has 132 valence electrons. The largest absolute Gasteiger partial charge is 0.481 e. The van der Waals surface area contributed by atoms with E-state index in [1.54, 1.807) is 10.8 Å². The Balaban J connectivity index is 1.53. The predicted octanol–water partition coefficient (Wildman–Crippen LogP) is 1.19. The SMILES string of the molecule is NC1N=Cc2sc(=O)n(C[C@H]3CC[C@@H](CCCCC(=O)O)O3)c2N1. The number of nitrogens with zero attached hydrogens (tertiary/aromatic N) is 2. The molecule has 0 aliphatic carbocycles. The van der Waals surface area contributed by atoms with E-state index in [1.807, 2.05) is 0 Å². The van der Waals surface area contributed by atoms with Crippen molar-refractivity contribution in [3.05, 3.63) is 14.5 Å². The summed E-state index contributed by atoms with van der Waals surface area (Å²) in [5.74, 6) is -0.0305. The number of ether oxygens (including phenoxy) is 1. The highest BCUT2D eigenvalue weighted by Crippen LogP contribution is 2.27. The summed E-state index contributed by atoms with van der Waals surface area (Å²) in [5, 5.41) is 11.7. The number of carboxylic acids is 1. The smallest absolute Gasteiger partial charge is 0.309 e. The third-order valence-corrected chi connectivity index (χ3v) is 5.22. The van der Waals surface area contributed by atoms with Gasteiger partial charge in [0.1, 0.15) is 5.82 Å². The number of carbonyl (C=O) groups is 1. The fourth-order valence-corrected chi connectivity index (χ4v) is 3.97. The minimum absolute atomic E-state index is 0.00256. The van der Waals surface area contributed by atoms with Crippen molar-refractivity contribution >= 4 is 29.3 Å². The van der Waals surface area contributed by atoms with Gasteiger partial charge in [-0.25, -0.2) is 0 Å². The molecule has 2 aliphatic rings. The molecule has 1 aromatic heterocycles. The van der Waals surface area contributed by atoms with E-state index >= 15 is 0 Å². The number of hydrogen-bond acceptors (Lipinski definition) is 7. The number of aliphatic carboxylic acids is 1. The van der Waals surface area contributed by atoms with E-state index in [9.17, 15) is 9.59 Å². The number of nitrogens with two attached hydrogens (primary N) is 1. The molecule has 3 heterocycles. The van der Waals surface area contributed by atoms with E-state index in [0.717, 1.165) is 47.7 Å². The first-order valence-electron chi connectivity index (χ1n) is 8.19. The molecule has 8 nitrogen and oxygen atoms in total. The van der Waals surface area contributed by atoms with Gasteiger partial charge in [-0.1, -0.05) is 17.8 Å². The Morgan fingerprint density at radius 3 is 3.04 bits per heavy atom. The van der Waals surface area contributed by atoms with Gasteiger partial charge in [0.2, 0.25) is 0 Å². The fourth-order valence-electron chi connectivity index (χ4n) is 3.13. The van der Waals surface area contributed by atoms with Crippen LogP contribution in [0.15, 0.2) is 9.79 Å². The van der Waals surface area contributed by atoms with Crippen LogP contribution in [0.5, 0.6) is 0 Å². The summed E-state index contributed by atoms with van der Waals surface area (Å²) in [6.07, 6.45) is 5.74. The molecule has 1 aromatic rings. The van der Waals surface area contributed by atoms with Gasteiger partial charge in [-0.15, -0.1) is 0 Å². The quantitative estimate of drug-likeness (QED) is 0.633. The minimum atomic E-state index is -0.754. The van der Waals surface area contributed by atoms with Crippen molar-refractivity contribution in [2.24, 2.45) is 10.7 Å². The lowest BCUT2D eigenvalue weighted by Gasteiger charge is -2.19. The maximum Gasteiger partial charge on any atom is 0.309 e. The Hall–Kier alpha value is -1.71. The number of fused-ring (bicyclic) bond motifs is 1. The summed E-state index contributed by atoms with van der Waals surface area (Å²) in [4.78, 5) is 27.5. The Morgan fingerprint density at radius 2 is 2.25 bits per heavy atom. The predicted molar refractivity (Wildman–Crippen MR) is 91.8 cm³/mol. The van der Waals surface area contributed by atoms with Crippen molar-refractivity contribution in [2.75, 3.05) is 5.32 Å². The van der Waals surface area contributed by atoms with Crippen LogP contribution in [0.3, 0.4) is 0 Å². The van der Waals surface area contributed by atoms with Gasteiger partial charge in [0.05, 0.1) is 23.6 Å². The van der Waals surface area contributed by atoms with E-state index in [0.29, 0.717) is 13.0 Å². The first kappa shape index (κ1) is 17.1. The summed E-state index contributed by atoms with van der Waals surface area (Å²) >= 11 is 1.15. The second kappa shape index (κ2) is 7.45. The van der Waals surface area contributed by atoms with Crippen LogP contribution in [-0.4, -0.2) is 40.4 Å². The van der Waals surface area contributed by atoms with Gasteiger partial charge < -0.3 is 15.2 Å². The summed E-state index contributed by atoms with van der Waals surface area (Å²) in [5.41, 5.74) is 5.75. The van der Waals surface area contributed by atoms with Crippen molar-refractivity contribution in [3.63, 3.8) is 0 Å². The molecule has 3 rings (SSSR count). The molecule has 24 heavy (non-hydrogen) atoms. The van der Waals surface area contributed by atoms with E-state index in [4.69, 9.17) is 15.6 Å². The zero-order valence-electron chi connectivity index (χ0n) is 13.3. The number of hydrogen-bond donors (Lipinski definition) is 3. The van der Waals surface area contributed by atoms with E-state index in [1.165, 1.54) is 0 Å². The van der Waals surface area contributed by atoms with Gasteiger partial charge in [-0.05, 0) is 25.7 Å². The van der Waals surface area contributed by atoms with Crippen molar-refractivity contribution < 1.29 is 14.6 Å². The average molecular weight is 354 g/mol. The molecule has 0 radical (unpaired) electrons. The molecular weight excluding hydrogens is 332 g/mol. The maximum atomic E-state index is 12.2. The van der Waals surface area contributed by atoms with Crippen molar-refractivity contribution in [3.8, 4) is 0 Å². The van der Waals surface area contributed by atoms with Crippen molar-refractivity contribution in [1.82, 2.24) is 4.57 Å². The van der Waals surface area contributed by atoms with Crippen LogP contribution in [0.1, 0.15) is 43.4 Å². The van der Waals surface area contributed by atoms with Crippen molar-refractivity contribution in [2.45, 2.75) is 63.6 Å². The summed E-state index contributed by atoms with van der Waals surface area (Å²) in [7, 11) is 0. The number of thiazole rings is 1. The number of aromatic nitrogens is 1. The van der Waals surface area contributed by atoms with Gasteiger partial charge in [0, 0.05) is 12.6 Å². The lowest BCUT2D eigenvalue weighted by molar-refractivity contribution is -0.137. The molecule has 0 amide bonds. The molecule has 4 N–H and O–H groups in total. The molecule has 0 spiro atoms. The first-order valence-corrected chi connectivity index (χ1v) is 9.01. The van der Waals surface area contributed by atoms with Gasteiger partial charge in [-0.2, -0.15) is 0 Å². The highest BCUT2D eigenvalue weighted by molar-refractivity contribution is 7.11. The summed E-state index contributed by atoms with van der Waals surface area (Å²) in [6.45, 7) is 0.504. The lowest BCUT2D eigenvalue weighted by atomic mass is 10.1. The van der Waals surface area contributed by atoms with Gasteiger partial charge >= 0.3 is 10.8 Å². The molecular formula is C15H22N4O4S. The van der Waals surface area contributed by atoms with Crippen LogP contribution in [-0.2, 0) is 16.1 Å². The molecule has 1 fully saturated rings. The number of aliphatic imine (C=N–C) groups is 1. The zero-order valence-corrected chi connectivity index (χ0v) is 14.1. The number of unbranched alkanes of at least 4 members (excludes halogenated alkanes) is 1. The lowest BCUT2D eigenvalue weighted by Crippen LogP contribution is -2.33. The third kappa shape index (κ3) is 4.03. The van der Waals surface area contributed by atoms with Crippen LogP contribution in [0.2, 0.25) is 0 Å². The summed E-state index contributed by atoms with van der Waals surface area (Å²) < 4.78 is 7.70. The molecule has 2 aliphatic heterocycles. The Kier molecular flexibility index (Phi) is 5.32. The van der Waals surface area contributed by atoms with E-state index < -0.39 is 12.3 Å². The first-order chi connectivity index (χ1) is 11.5. The van der Waals surface area contributed by atoms with Gasteiger partial charge in [-0.3, -0.25) is 24.9 Å². The molecule has 9 heteroatoms. The van der Waals surface area contributed by atoms with Crippen LogP contribution in [0.4, 0.5) is 5.82 Å². The molecule has 3 atom stereocenters. The number of rotatable bonds is 7. The molecule has 0 aromatic carbocycles. The normalized spacial score (nSPS) is 25.5. The number of anilines is 1. The van der Waals surface area contributed by atoms with Crippen molar-refractivity contribution in [1.29, 1.82) is 0 Å². The van der Waals surface area contributed by atoms with Crippen LogP contribution >= 0.6 is 11.3 Å². The molecule has 1 saturated heterocycles. The molecule has 0 saturated carbocycles.